The molecule has 5 aromatic carbocycles. The van der Waals surface area contributed by atoms with Crippen molar-refractivity contribution in [3.05, 3.63) is 134 Å². The van der Waals surface area contributed by atoms with Gasteiger partial charge in [-0.15, -0.1) is 0 Å². The smallest absolute Gasteiger partial charge is 0.146 e. The van der Waals surface area contributed by atoms with Crippen molar-refractivity contribution in [2.45, 2.75) is 0 Å². The normalized spacial score (nSPS) is 12.6. The van der Waals surface area contributed by atoms with Gasteiger partial charge in [-0.3, -0.25) is 9.38 Å². The zero-order valence-corrected chi connectivity index (χ0v) is 21.4. The molecule has 0 saturated heterocycles. The molecule has 3 nitrogen and oxygen atoms in total. The van der Waals surface area contributed by atoms with E-state index in [1.165, 1.54) is 48.4 Å². The fourth-order valence-corrected chi connectivity index (χ4v) is 7.96. The largest absolute Gasteiger partial charge is 0.292 e. The van der Waals surface area contributed by atoms with Crippen molar-refractivity contribution in [1.29, 1.82) is 0 Å². The lowest BCUT2D eigenvalue weighted by molar-refractivity contribution is 1.32. The number of rotatable bonds is 3. The average molecular weight is 504 g/mol. The second kappa shape index (κ2) is 8.48. The van der Waals surface area contributed by atoms with Crippen LogP contribution in [0.5, 0.6) is 0 Å². The third-order valence-corrected chi connectivity index (χ3v) is 9.76. The number of fused-ring (bicyclic) bond motifs is 9. The van der Waals surface area contributed by atoms with Gasteiger partial charge >= 0.3 is 0 Å². The Hall–Kier alpha value is -4.59. The first-order valence-electron chi connectivity index (χ1n) is 12.8. The van der Waals surface area contributed by atoms with Gasteiger partial charge in [0.15, 0.2) is 0 Å². The van der Waals surface area contributed by atoms with E-state index in [4.69, 9.17) is 4.98 Å². The van der Waals surface area contributed by atoms with E-state index in [0.29, 0.717) is 0 Å². The Morgan fingerprint density at radius 2 is 1.26 bits per heavy atom. The van der Waals surface area contributed by atoms with Crippen molar-refractivity contribution in [3.63, 3.8) is 0 Å². The number of imidazole rings is 1. The van der Waals surface area contributed by atoms with Crippen LogP contribution in [0.4, 0.5) is 0 Å². The molecule has 1 unspecified atom stereocenters. The molecule has 1 atom stereocenters. The molecular formula is C34H22N3P. The standard InChI is InChI=1S/C34H22N3P/c1-2-9-24-20-25(16-15-23(24)8-1)38(27-10-7-19-35-22-27)26-17-18-31-33(21-26)37-32-14-6-5-12-29(32)28-11-3-4-13-30(28)34(37)36-31/h1-22H. The highest BCUT2D eigenvalue weighted by Crippen LogP contribution is 2.36. The van der Waals surface area contributed by atoms with Crippen LogP contribution in [0.1, 0.15) is 0 Å². The summed E-state index contributed by atoms with van der Waals surface area (Å²) in [5, 5.41) is 10.0. The maximum absolute atomic E-state index is 5.14. The van der Waals surface area contributed by atoms with Crippen LogP contribution in [0.2, 0.25) is 0 Å². The summed E-state index contributed by atoms with van der Waals surface area (Å²) in [4.78, 5) is 9.63. The molecule has 0 aliphatic carbocycles. The molecule has 0 amide bonds. The van der Waals surface area contributed by atoms with Gasteiger partial charge in [-0.05, 0) is 65.0 Å². The molecule has 0 aliphatic rings. The average Bonchev–Trinajstić information content (AvgIpc) is 3.37. The van der Waals surface area contributed by atoms with E-state index < -0.39 is 7.92 Å². The highest BCUT2D eigenvalue weighted by atomic mass is 31.1. The summed E-state index contributed by atoms with van der Waals surface area (Å²) in [6.07, 6.45) is 3.87. The van der Waals surface area contributed by atoms with E-state index in [9.17, 15) is 0 Å². The zero-order chi connectivity index (χ0) is 25.1. The SMILES string of the molecule is c1cncc(P(c2ccc3ccccc3c2)c2ccc3nc4c5ccccc5c5ccccc5n4c3c2)c1. The van der Waals surface area contributed by atoms with Crippen LogP contribution >= 0.6 is 7.92 Å². The summed E-state index contributed by atoms with van der Waals surface area (Å²) >= 11 is 0. The molecule has 8 rings (SSSR count). The molecule has 0 aliphatic heterocycles. The molecule has 178 valence electrons. The Labute approximate surface area is 220 Å². The maximum Gasteiger partial charge on any atom is 0.146 e. The minimum Gasteiger partial charge on any atom is -0.292 e. The molecule has 3 aromatic heterocycles. The van der Waals surface area contributed by atoms with Gasteiger partial charge in [-0.25, -0.2) is 4.98 Å². The molecule has 0 N–H and O–H groups in total. The number of hydrogen-bond acceptors (Lipinski definition) is 2. The van der Waals surface area contributed by atoms with Crippen molar-refractivity contribution >= 4 is 73.0 Å². The molecular weight excluding hydrogens is 481 g/mol. The molecule has 0 fully saturated rings. The van der Waals surface area contributed by atoms with Gasteiger partial charge in [-0.1, -0.05) is 91.0 Å². The predicted molar refractivity (Wildman–Crippen MR) is 162 cm³/mol. The topological polar surface area (TPSA) is 30.2 Å². The van der Waals surface area contributed by atoms with Crippen LogP contribution in [-0.2, 0) is 0 Å². The lowest BCUT2D eigenvalue weighted by Gasteiger charge is -2.19. The van der Waals surface area contributed by atoms with Gasteiger partial charge in [0.05, 0.1) is 16.6 Å². The summed E-state index contributed by atoms with van der Waals surface area (Å²) in [6, 6.07) is 43.7. The first-order valence-corrected chi connectivity index (χ1v) is 14.1. The first-order chi connectivity index (χ1) is 18.8. The molecule has 38 heavy (non-hydrogen) atoms. The molecule has 0 spiro atoms. The van der Waals surface area contributed by atoms with Gasteiger partial charge in [0.1, 0.15) is 5.65 Å². The van der Waals surface area contributed by atoms with Gasteiger partial charge in [0, 0.05) is 28.5 Å². The van der Waals surface area contributed by atoms with E-state index in [2.05, 4.69) is 125 Å². The number of hydrogen-bond donors (Lipinski definition) is 0. The molecule has 0 saturated carbocycles. The van der Waals surface area contributed by atoms with E-state index in [0.717, 1.165) is 16.7 Å². The van der Waals surface area contributed by atoms with Gasteiger partial charge < -0.3 is 0 Å². The number of pyridine rings is 2. The second-order valence-electron chi connectivity index (χ2n) is 9.58. The third kappa shape index (κ3) is 3.26. The van der Waals surface area contributed by atoms with E-state index >= 15 is 0 Å². The first kappa shape index (κ1) is 21.5. The number of aromatic nitrogens is 3. The monoisotopic (exact) mass is 503 g/mol. The van der Waals surface area contributed by atoms with E-state index in [1.807, 2.05) is 18.5 Å². The summed E-state index contributed by atoms with van der Waals surface area (Å²) in [5.41, 5.74) is 4.33. The van der Waals surface area contributed by atoms with E-state index in [-0.39, 0.29) is 0 Å². The van der Waals surface area contributed by atoms with Gasteiger partial charge in [0.2, 0.25) is 0 Å². The lowest BCUT2D eigenvalue weighted by atomic mass is 10.1. The van der Waals surface area contributed by atoms with Crippen LogP contribution in [0.15, 0.2) is 134 Å². The summed E-state index contributed by atoms with van der Waals surface area (Å²) < 4.78 is 2.34. The Bertz CT molecular complexity index is 2150. The fourth-order valence-electron chi connectivity index (χ4n) is 5.69. The van der Waals surface area contributed by atoms with Crippen LogP contribution < -0.4 is 15.9 Å². The van der Waals surface area contributed by atoms with Crippen LogP contribution in [0.25, 0.3) is 49.1 Å². The molecule has 3 heterocycles. The van der Waals surface area contributed by atoms with Crippen molar-refractivity contribution in [2.24, 2.45) is 0 Å². The lowest BCUT2D eigenvalue weighted by Crippen LogP contribution is -2.21. The quantitative estimate of drug-likeness (QED) is 0.190. The minimum atomic E-state index is -0.810. The predicted octanol–water partition coefficient (Wildman–Crippen LogP) is 7.10. The summed E-state index contributed by atoms with van der Waals surface area (Å²) in [6.45, 7) is 0. The number of benzene rings is 5. The Kier molecular flexibility index (Phi) is 4.80. The van der Waals surface area contributed by atoms with Gasteiger partial charge in [0.25, 0.3) is 0 Å². The Morgan fingerprint density at radius 1 is 0.526 bits per heavy atom. The molecule has 4 heteroatoms. The van der Waals surface area contributed by atoms with Crippen molar-refractivity contribution in [3.8, 4) is 0 Å². The molecule has 8 aromatic rings. The minimum absolute atomic E-state index is 0.810. The van der Waals surface area contributed by atoms with Crippen LogP contribution in [0.3, 0.4) is 0 Å². The number of nitrogens with zero attached hydrogens (tertiary/aromatic N) is 3. The van der Waals surface area contributed by atoms with E-state index in [1.54, 1.807) is 0 Å². The van der Waals surface area contributed by atoms with Crippen molar-refractivity contribution in [1.82, 2.24) is 14.4 Å². The van der Waals surface area contributed by atoms with Crippen molar-refractivity contribution in [2.75, 3.05) is 0 Å². The second-order valence-corrected chi connectivity index (χ2v) is 11.8. The van der Waals surface area contributed by atoms with Gasteiger partial charge in [-0.2, -0.15) is 0 Å². The maximum atomic E-state index is 5.14. The summed E-state index contributed by atoms with van der Waals surface area (Å²) in [7, 11) is -0.810. The molecule has 0 bridgehead atoms. The molecule has 0 radical (unpaired) electrons. The fraction of sp³-hybridized carbons (Fsp3) is 0. The zero-order valence-electron chi connectivity index (χ0n) is 20.5. The van der Waals surface area contributed by atoms with Crippen LogP contribution in [-0.4, -0.2) is 14.4 Å². The highest BCUT2D eigenvalue weighted by Gasteiger charge is 2.20. The van der Waals surface area contributed by atoms with Crippen molar-refractivity contribution < 1.29 is 0 Å². The van der Waals surface area contributed by atoms with Crippen LogP contribution in [0, 0.1) is 0 Å². The Balaban J connectivity index is 1.44. The number of para-hydroxylation sites is 1. The third-order valence-electron chi connectivity index (χ3n) is 7.39. The highest BCUT2D eigenvalue weighted by molar-refractivity contribution is 7.79. The Morgan fingerprint density at radius 3 is 2.13 bits per heavy atom. The summed E-state index contributed by atoms with van der Waals surface area (Å²) in [5.74, 6) is 0.